The molecule has 3 aliphatic heterocycles. The van der Waals surface area contributed by atoms with Gasteiger partial charge >= 0.3 is 11.9 Å². The molecule has 0 aromatic carbocycles. The van der Waals surface area contributed by atoms with Crippen LogP contribution in [0.5, 0.6) is 0 Å². The second-order valence-electron chi connectivity index (χ2n) is 10.4. The molecule has 29 heavy (non-hydrogen) atoms. The zero-order valence-electron chi connectivity index (χ0n) is 18.0. The summed E-state index contributed by atoms with van der Waals surface area (Å²) in [4.78, 5) is 27.4. The normalized spacial score (nSPS) is 48.9. The van der Waals surface area contributed by atoms with E-state index in [-0.39, 0.29) is 52.9 Å². The molecule has 0 radical (unpaired) electrons. The lowest BCUT2D eigenvalue weighted by Crippen LogP contribution is -2.55. The fourth-order valence-corrected chi connectivity index (χ4v) is 7.39. The second kappa shape index (κ2) is 6.94. The van der Waals surface area contributed by atoms with Gasteiger partial charge in [0.2, 0.25) is 0 Å². The summed E-state index contributed by atoms with van der Waals surface area (Å²) >= 11 is 0. The molecule has 3 saturated heterocycles. The minimum atomic E-state index is -0.135. The van der Waals surface area contributed by atoms with Crippen molar-refractivity contribution in [3.05, 3.63) is 0 Å². The maximum atomic E-state index is 12.9. The smallest absolute Gasteiger partial charge is 0.311 e. The number of epoxide rings is 1. The van der Waals surface area contributed by atoms with Crippen molar-refractivity contribution < 1.29 is 23.8 Å². The number of hydrogen-bond acceptors (Lipinski definition) is 6. The topological polar surface area (TPSA) is 68.4 Å². The summed E-state index contributed by atoms with van der Waals surface area (Å²) in [5.74, 6) is 0.347. The number of rotatable bonds is 4. The molecule has 6 nitrogen and oxygen atoms in total. The summed E-state index contributed by atoms with van der Waals surface area (Å²) in [5, 5.41) is 0. The van der Waals surface area contributed by atoms with Gasteiger partial charge < -0.3 is 19.1 Å². The van der Waals surface area contributed by atoms with Crippen molar-refractivity contribution in [2.24, 2.45) is 29.1 Å². The van der Waals surface area contributed by atoms with Gasteiger partial charge in [0, 0.05) is 24.4 Å². The molecule has 0 aromatic rings. The van der Waals surface area contributed by atoms with E-state index in [4.69, 9.17) is 14.2 Å². The first-order valence-corrected chi connectivity index (χ1v) is 11.7. The number of hydrogen-bond donors (Lipinski definition) is 0. The summed E-state index contributed by atoms with van der Waals surface area (Å²) in [7, 11) is 0. The molecule has 5 fully saturated rings. The molecular weight excluding hydrogens is 370 g/mol. The van der Waals surface area contributed by atoms with Crippen molar-refractivity contribution in [2.45, 2.75) is 77.1 Å². The lowest BCUT2D eigenvalue weighted by Gasteiger charge is -2.49. The lowest BCUT2D eigenvalue weighted by atomic mass is 9.53. The average Bonchev–Trinajstić information content (AvgIpc) is 3.37. The SMILES string of the molecule is CCOC(=O)[C@@H]1CCCN(C[C@H]2C(=O)O[C@@H]3C[C@@]4(C)CCC[C@H](C)[C@@]45O[C@H]5[C@@H]32)C1. The fourth-order valence-electron chi connectivity index (χ4n) is 7.39. The molecule has 0 amide bonds. The number of fused-ring (bicyclic) bond motifs is 2. The van der Waals surface area contributed by atoms with Gasteiger partial charge in [-0.05, 0) is 51.5 Å². The van der Waals surface area contributed by atoms with Gasteiger partial charge in [0.25, 0.3) is 0 Å². The standard InChI is InChI=1S/C23H35NO5/c1-4-27-20(25)15-8-6-10-24(12-15)13-16-18-17(28-21(16)26)11-22(3)9-5-7-14(2)23(22)19(18)29-23/h14-19H,4-13H2,1-3H3/t14-,15+,16+,17+,18+,19-,22+,23-/m0/s1. The van der Waals surface area contributed by atoms with E-state index in [2.05, 4.69) is 18.7 Å². The van der Waals surface area contributed by atoms with Gasteiger partial charge in [-0.1, -0.05) is 20.3 Å². The molecule has 0 aromatic heterocycles. The summed E-state index contributed by atoms with van der Waals surface area (Å²) in [6, 6.07) is 0. The van der Waals surface area contributed by atoms with E-state index in [1.165, 1.54) is 19.3 Å². The number of nitrogens with zero attached hydrogens (tertiary/aromatic N) is 1. The van der Waals surface area contributed by atoms with Crippen LogP contribution in [0.1, 0.15) is 59.3 Å². The van der Waals surface area contributed by atoms with Crippen molar-refractivity contribution in [1.82, 2.24) is 4.90 Å². The van der Waals surface area contributed by atoms with Gasteiger partial charge in [0.1, 0.15) is 11.7 Å². The molecule has 0 bridgehead atoms. The Kier molecular flexibility index (Phi) is 4.74. The molecule has 3 heterocycles. The third kappa shape index (κ3) is 2.88. The van der Waals surface area contributed by atoms with E-state index in [0.717, 1.165) is 25.8 Å². The van der Waals surface area contributed by atoms with Crippen LogP contribution in [0.2, 0.25) is 0 Å². The minimum absolute atomic E-state index is 0.00549. The first kappa shape index (κ1) is 19.8. The Labute approximate surface area is 173 Å². The number of likely N-dealkylation sites (tertiary alicyclic amines) is 1. The van der Waals surface area contributed by atoms with Crippen LogP contribution in [0.25, 0.3) is 0 Å². The molecule has 0 N–H and O–H groups in total. The zero-order valence-corrected chi connectivity index (χ0v) is 18.0. The highest BCUT2D eigenvalue weighted by Crippen LogP contribution is 2.70. The monoisotopic (exact) mass is 405 g/mol. The van der Waals surface area contributed by atoms with E-state index in [1.807, 2.05) is 6.92 Å². The number of ether oxygens (including phenoxy) is 3. The molecule has 1 spiro atoms. The van der Waals surface area contributed by atoms with Gasteiger partial charge in [-0.2, -0.15) is 0 Å². The molecule has 0 unspecified atom stereocenters. The molecule has 162 valence electrons. The van der Waals surface area contributed by atoms with Gasteiger partial charge in [0.15, 0.2) is 0 Å². The maximum absolute atomic E-state index is 12.9. The number of piperidine rings is 1. The Balaban J connectivity index is 1.31. The average molecular weight is 406 g/mol. The first-order chi connectivity index (χ1) is 13.9. The quantitative estimate of drug-likeness (QED) is 0.529. The van der Waals surface area contributed by atoms with Gasteiger partial charge in [-0.15, -0.1) is 0 Å². The highest BCUT2D eigenvalue weighted by atomic mass is 16.6. The van der Waals surface area contributed by atoms with Crippen LogP contribution in [0.15, 0.2) is 0 Å². The molecule has 2 aliphatic carbocycles. The molecular formula is C23H35NO5. The predicted octanol–water partition coefficient (Wildman–Crippen LogP) is 2.79. The Hall–Kier alpha value is -1.14. The van der Waals surface area contributed by atoms with E-state index >= 15 is 0 Å². The van der Waals surface area contributed by atoms with Crippen LogP contribution >= 0.6 is 0 Å². The highest BCUT2D eigenvalue weighted by molar-refractivity contribution is 5.76. The van der Waals surface area contributed by atoms with Crippen molar-refractivity contribution in [3.63, 3.8) is 0 Å². The minimum Gasteiger partial charge on any atom is -0.466 e. The summed E-state index contributed by atoms with van der Waals surface area (Å²) in [6.45, 7) is 9.25. The van der Waals surface area contributed by atoms with E-state index < -0.39 is 0 Å². The Morgan fingerprint density at radius 2 is 2.14 bits per heavy atom. The van der Waals surface area contributed by atoms with E-state index in [9.17, 15) is 9.59 Å². The Morgan fingerprint density at radius 1 is 1.31 bits per heavy atom. The molecule has 2 saturated carbocycles. The van der Waals surface area contributed by atoms with Crippen LogP contribution in [0.4, 0.5) is 0 Å². The van der Waals surface area contributed by atoms with Crippen LogP contribution in [0.3, 0.4) is 0 Å². The van der Waals surface area contributed by atoms with Crippen LogP contribution in [-0.2, 0) is 23.8 Å². The molecule has 6 heteroatoms. The van der Waals surface area contributed by atoms with E-state index in [1.54, 1.807) is 0 Å². The van der Waals surface area contributed by atoms with Crippen molar-refractivity contribution in [2.75, 3.05) is 26.2 Å². The second-order valence-corrected chi connectivity index (χ2v) is 10.4. The van der Waals surface area contributed by atoms with Crippen LogP contribution in [0, 0.1) is 29.1 Å². The Morgan fingerprint density at radius 3 is 2.93 bits per heavy atom. The molecule has 5 rings (SSSR count). The van der Waals surface area contributed by atoms with Crippen molar-refractivity contribution in [3.8, 4) is 0 Å². The van der Waals surface area contributed by atoms with E-state index in [0.29, 0.717) is 25.6 Å². The van der Waals surface area contributed by atoms with Crippen molar-refractivity contribution in [1.29, 1.82) is 0 Å². The summed E-state index contributed by atoms with van der Waals surface area (Å²) < 4.78 is 17.7. The van der Waals surface area contributed by atoms with Crippen LogP contribution < -0.4 is 0 Å². The molecule has 5 aliphatic rings. The maximum Gasteiger partial charge on any atom is 0.311 e. The van der Waals surface area contributed by atoms with Gasteiger partial charge in [-0.3, -0.25) is 9.59 Å². The van der Waals surface area contributed by atoms with Crippen LogP contribution in [-0.4, -0.2) is 60.9 Å². The molecule has 8 atom stereocenters. The third-order valence-corrected chi connectivity index (χ3v) is 8.77. The largest absolute Gasteiger partial charge is 0.466 e. The fraction of sp³-hybridized carbons (Fsp3) is 0.913. The summed E-state index contributed by atoms with van der Waals surface area (Å²) in [5.41, 5.74) is 0.0831. The number of esters is 2. The van der Waals surface area contributed by atoms with Gasteiger partial charge in [0.05, 0.1) is 24.5 Å². The summed E-state index contributed by atoms with van der Waals surface area (Å²) in [6.07, 6.45) is 6.57. The third-order valence-electron chi connectivity index (χ3n) is 8.77. The first-order valence-electron chi connectivity index (χ1n) is 11.7. The van der Waals surface area contributed by atoms with Crippen molar-refractivity contribution >= 4 is 11.9 Å². The highest BCUT2D eigenvalue weighted by Gasteiger charge is 2.78. The van der Waals surface area contributed by atoms with Gasteiger partial charge in [-0.25, -0.2) is 0 Å². The lowest BCUT2D eigenvalue weighted by molar-refractivity contribution is -0.150. The zero-order chi connectivity index (χ0) is 20.4. The number of carbonyl (C=O) groups excluding carboxylic acids is 2. The predicted molar refractivity (Wildman–Crippen MR) is 106 cm³/mol. The number of carbonyl (C=O) groups is 2. The Bertz CT molecular complexity index is 697.